The molecule has 2 aromatic heterocycles. The fourth-order valence-corrected chi connectivity index (χ4v) is 4.49. The van der Waals surface area contributed by atoms with Gasteiger partial charge in [-0.15, -0.1) is 0 Å². The highest BCUT2D eigenvalue weighted by atomic mass is 32.2. The van der Waals surface area contributed by atoms with Crippen LogP contribution in [-0.4, -0.2) is 40.8 Å². The molecular weight excluding hydrogens is 298 g/mol. The maximum Gasteiger partial charge on any atom is 0.254 e. The standard InChI is InChI=1S/C15H23N5OS/c1-4-22(21)13-7-5-6-12(8-13)19-14-10(2)11(3)18-15-16-9-17-20(14)15/h9,12-13,19H,4-8H2,1-3H3. The summed E-state index contributed by atoms with van der Waals surface area (Å²) in [6.45, 7) is 6.05. The van der Waals surface area contributed by atoms with Crippen molar-refractivity contribution in [2.45, 2.75) is 57.7 Å². The minimum absolute atomic E-state index is 0.311. The summed E-state index contributed by atoms with van der Waals surface area (Å²) >= 11 is 0. The lowest BCUT2D eigenvalue weighted by molar-refractivity contribution is 0.463. The summed E-state index contributed by atoms with van der Waals surface area (Å²) in [5.74, 6) is 2.33. The fourth-order valence-electron chi connectivity index (χ4n) is 3.15. The van der Waals surface area contributed by atoms with Crippen LogP contribution >= 0.6 is 0 Å². The lowest BCUT2D eigenvalue weighted by Gasteiger charge is -2.30. The van der Waals surface area contributed by atoms with Gasteiger partial charge in [-0.25, -0.2) is 4.98 Å². The molecule has 3 unspecified atom stereocenters. The Bertz CT molecular complexity index is 699. The first-order valence-electron chi connectivity index (χ1n) is 7.90. The Kier molecular flexibility index (Phi) is 4.42. The average molecular weight is 321 g/mol. The maximum atomic E-state index is 12.1. The van der Waals surface area contributed by atoms with E-state index in [1.807, 2.05) is 13.8 Å². The van der Waals surface area contributed by atoms with Crippen LogP contribution in [0.2, 0.25) is 0 Å². The third-order valence-corrected chi connectivity index (χ3v) is 6.27. The van der Waals surface area contributed by atoms with Gasteiger partial charge in [-0.3, -0.25) is 4.21 Å². The molecule has 0 aliphatic heterocycles. The smallest absolute Gasteiger partial charge is 0.254 e. The van der Waals surface area contributed by atoms with Crippen molar-refractivity contribution in [1.29, 1.82) is 0 Å². The number of nitrogens with zero attached hydrogens (tertiary/aromatic N) is 4. The molecule has 2 aromatic rings. The molecule has 0 bridgehead atoms. The number of hydrogen-bond donors (Lipinski definition) is 1. The lowest BCUT2D eigenvalue weighted by atomic mass is 9.95. The van der Waals surface area contributed by atoms with Crippen LogP contribution in [0.4, 0.5) is 5.82 Å². The van der Waals surface area contributed by atoms with Crippen molar-refractivity contribution in [2.75, 3.05) is 11.1 Å². The molecular formula is C15H23N5OS. The van der Waals surface area contributed by atoms with E-state index in [0.29, 0.717) is 17.1 Å². The van der Waals surface area contributed by atoms with Crippen LogP contribution in [0.1, 0.15) is 43.9 Å². The van der Waals surface area contributed by atoms with E-state index in [1.165, 1.54) is 6.33 Å². The Labute approximate surface area is 133 Å². The zero-order valence-corrected chi connectivity index (χ0v) is 14.2. The zero-order valence-electron chi connectivity index (χ0n) is 13.4. The molecule has 7 heteroatoms. The summed E-state index contributed by atoms with van der Waals surface area (Å²) in [5, 5.41) is 8.20. The molecule has 0 aromatic carbocycles. The second-order valence-electron chi connectivity index (χ2n) is 5.94. The van der Waals surface area contributed by atoms with Gasteiger partial charge in [-0.2, -0.15) is 14.6 Å². The van der Waals surface area contributed by atoms with E-state index in [1.54, 1.807) is 4.52 Å². The molecule has 6 nitrogen and oxygen atoms in total. The van der Waals surface area contributed by atoms with Crippen molar-refractivity contribution in [3.8, 4) is 0 Å². The van der Waals surface area contributed by atoms with Crippen LogP contribution in [-0.2, 0) is 10.8 Å². The molecule has 1 aliphatic rings. The van der Waals surface area contributed by atoms with Crippen molar-refractivity contribution < 1.29 is 4.21 Å². The minimum atomic E-state index is -0.708. The van der Waals surface area contributed by atoms with Crippen LogP contribution in [0.5, 0.6) is 0 Å². The number of fused-ring (bicyclic) bond motifs is 1. The quantitative estimate of drug-likeness (QED) is 0.935. The van der Waals surface area contributed by atoms with Gasteiger partial charge in [0.05, 0.1) is 0 Å². The minimum Gasteiger partial charge on any atom is -0.367 e. The SMILES string of the molecule is CCS(=O)C1CCCC(Nc2c(C)c(C)nc3ncnn23)C1. The van der Waals surface area contributed by atoms with E-state index in [4.69, 9.17) is 0 Å². The normalized spacial score (nSPS) is 23.6. The first-order valence-corrected chi connectivity index (χ1v) is 9.29. The second kappa shape index (κ2) is 6.32. The predicted molar refractivity (Wildman–Crippen MR) is 88.6 cm³/mol. The molecule has 22 heavy (non-hydrogen) atoms. The van der Waals surface area contributed by atoms with Gasteiger partial charge in [-0.1, -0.05) is 13.3 Å². The number of aryl methyl sites for hydroxylation is 1. The largest absolute Gasteiger partial charge is 0.367 e. The molecule has 3 atom stereocenters. The van der Waals surface area contributed by atoms with E-state index in [-0.39, 0.29) is 0 Å². The Morgan fingerprint density at radius 2 is 2.23 bits per heavy atom. The van der Waals surface area contributed by atoms with Gasteiger partial charge in [0.2, 0.25) is 0 Å². The molecule has 0 radical (unpaired) electrons. The van der Waals surface area contributed by atoms with Crippen molar-refractivity contribution >= 4 is 22.4 Å². The molecule has 2 heterocycles. The summed E-state index contributed by atoms with van der Waals surface area (Å²) in [7, 11) is -0.708. The first kappa shape index (κ1) is 15.4. The van der Waals surface area contributed by atoms with Crippen molar-refractivity contribution in [1.82, 2.24) is 19.6 Å². The van der Waals surface area contributed by atoms with E-state index in [9.17, 15) is 4.21 Å². The van der Waals surface area contributed by atoms with Crippen LogP contribution in [0.3, 0.4) is 0 Å². The summed E-state index contributed by atoms with van der Waals surface area (Å²) < 4.78 is 13.9. The predicted octanol–water partition coefficient (Wildman–Crippen LogP) is 2.23. The van der Waals surface area contributed by atoms with Crippen LogP contribution in [0.15, 0.2) is 6.33 Å². The summed E-state index contributed by atoms with van der Waals surface area (Å²) in [6.07, 6.45) is 5.79. The summed E-state index contributed by atoms with van der Waals surface area (Å²) in [4.78, 5) is 8.63. The molecule has 3 rings (SSSR count). The van der Waals surface area contributed by atoms with Crippen LogP contribution < -0.4 is 5.32 Å². The van der Waals surface area contributed by atoms with E-state index < -0.39 is 10.8 Å². The third kappa shape index (κ3) is 2.86. The molecule has 0 spiro atoms. The van der Waals surface area contributed by atoms with Gasteiger partial charge in [0, 0.05) is 39.1 Å². The van der Waals surface area contributed by atoms with Crippen molar-refractivity contribution in [2.24, 2.45) is 0 Å². The maximum absolute atomic E-state index is 12.1. The Morgan fingerprint density at radius 3 is 3.00 bits per heavy atom. The summed E-state index contributed by atoms with van der Waals surface area (Å²) in [5.41, 5.74) is 2.06. The number of anilines is 1. The van der Waals surface area contributed by atoms with E-state index >= 15 is 0 Å². The Balaban J connectivity index is 1.85. The lowest BCUT2D eigenvalue weighted by Crippen LogP contribution is -2.33. The van der Waals surface area contributed by atoms with Gasteiger partial charge in [-0.05, 0) is 33.1 Å². The molecule has 120 valence electrons. The number of hydrogen-bond acceptors (Lipinski definition) is 5. The third-order valence-electron chi connectivity index (χ3n) is 4.53. The highest BCUT2D eigenvalue weighted by Gasteiger charge is 2.26. The van der Waals surface area contributed by atoms with E-state index in [0.717, 1.165) is 48.5 Å². The molecule has 1 N–H and O–H groups in total. The van der Waals surface area contributed by atoms with E-state index in [2.05, 4.69) is 27.3 Å². The highest BCUT2D eigenvalue weighted by molar-refractivity contribution is 7.85. The van der Waals surface area contributed by atoms with Gasteiger partial charge in [0.15, 0.2) is 0 Å². The number of nitrogens with one attached hydrogen (secondary N) is 1. The van der Waals surface area contributed by atoms with Gasteiger partial charge >= 0.3 is 0 Å². The van der Waals surface area contributed by atoms with Gasteiger partial charge < -0.3 is 5.32 Å². The highest BCUT2D eigenvalue weighted by Crippen LogP contribution is 2.27. The van der Waals surface area contributed by atoms with Crippen molar-refractivity contribution in [3.63, 3.8) is 0 Å². The zero-order chi connectivity index (χ0) is 15.7. The Morgan fingerprint density at radius 1 is 1.41 bits per heavy atom. The number of aromatic nitrogens is 4. The monoisotopic (exact) mass is 321 g/mol. The molecule has 1 fully saturated rings. The second-order valence-corrected chi connectivity index (χ2v) is 7.95. The molecule has 1 saturated carbocycles. The molecule has 0 saturated heterocycles. The summed E-state index contributed by atoms with van der Waals surface area (Å²) in [6, 6.07) is 0.335. The molecule has 0 amide bonds. The van der Waals surface area contributed by atoms with Gasteiger partial charge in [0.25, 0.3) is 5.78 Å². The molecule has 1 aliphatic carbocycles. The number of rotatable bonds is 4. The van der Waals surface area contributed by atoms with Gasteiger partial charge in [0.1, 0.15) is 12.1 Å². The van der Waals surface area contributed by atoms with Crippen LogP contribution in [0.25, 0.3) is 5.78 Å². The first-order chi connectivity index (χ1) is 10.6. The van der Waals surface area contributed by atoms with Crippen molar-refractivity contribution in [3.05, 3.63) is 17.6 Å². The Hall–Kier alpha value is -1.50. The fraction of sp³-hybridized carbons (Fsp3) is 0.667. The van der Waals surface area contributed by atoms with Crippen LogP contribution in [0, 0.1) is 13.8 Å². The average Bonchev–Trinajstić information content (AvgIpc) is 2.99. The topological polar surface area (TPSA) is 72.2 Å².